The van der Waals surface area contributed by atoms with Crippen molar-refractivity contribution in [1.82, 2.24) is 0 Å². The van der Waals surface area contributed by atoms with E-state index >= 15 is 0 Å². The van der Waals surface area contributed by atoms with Gasteiger partial charge in [-0.25, -0.2) is 8.42 Å². The van der Waals surface area contributed by atoms with Crippen molar-refractivity contribution in [2.75, 3.05) is 0 Å². The highest BCUT2D eigenvalue weighted by Gasteiger charge is 2.22. The molecule has 0 radical (unpaired) electrons. The molecule has 0 amide bonds. The summed E-state index contributed by atoms with van der Waals surface area (Å²) in [6.45, 7) is 1.73. The monoisotopic (exact) mass is 327 g/mol. The van der Waals surface area contributed by atoms with Gasteiger partial charge in [0, 0.05) is 27.3 Å². The van der Waals surface area contributed by atoms with E-state index in [9.17, 15) is 18.5 Å². The third kappa shape index (κ3) is 2.72. The highest BCUT2D eigenvalue weighted by atomic mass is 79.9. The molecule has 1 rings (SSSR count). The molecular weight excluding hydrogens is 322 g/mol. The molecule has 88 valence electrons. The number of non-ortho nitro benzene ring substituents is 1. The summed E-state index contributed by atoms with van der Waals surface area (Å²) in [7, 11) is 1.23. The molecule has 5 nitrogen and oxygen atoms in total. The van der Waals surface area contributed by atoms with Gasteiger partial charge in [0.15, 0.2) is 0 Å². The summed E-state index contributed by atoms with van der Waals surface area (Å²) < 4.78 is 22.9. The maximum atomic E-state index is 11.3. The Morgan fingerprint density at radius 2 is 2.06 bits per heavy atom. The Bertz CT molecular complexity index is 543. The van der Waals surface area contributed by atoms with Crippen LogP contribution in [0.5, 0.6) is 0 Å². The van der Waals surface area contributed by atoms with Crippen molar-refractivity contribution in [3.8, 4) is 0 Å². The summed E-state index contributed by atoms with van der Waals surface area (Å²) in [6.07, 6.45) is 0.403. The molecule has 16 heavy (non-hydrogen) atoms. The van der Waals surface area contributed by atoms with Gasteiger partial charge in [-0.2, -0.15) is 0 Å². The molecule has 0 N–H and O–H groups in total. The fourth-order valence-electron chi connectivity index (χ4n) is 1.26. The van der Waals surface area contributed by atoms with Crippen LogP contribution in [0.15, 0.2) is 21.5 Å². The van der Waals surface area contributed by atoms with Crippen LogP contribution >= 0.6 is 26.6 Å². The number of halogens is 2. The van der Waals surface area contributed by atoms with Gasteiger partial charge in [-0.3, -0.25) is 10.1 Å². The maximum Gasteiger partial charge on any atom is 0.271 e. The Labute approximate surface area is 105 Å². The lowest BCUT2D eigenvalue weighted by Gasteiger charge is -2.06. The van der Waals surface area contributed by atoms with Gasteiger partial charge in [-0.1, -0.05) is 22.9 Å². The van der Waals surface area contributed by atoms with Gasteiger partial charge in [0.05, 0.1) is 9.82 Å². The maximum absolute atomic E-state index is 11.3. The van der Waals surface area contributed by atoms with Crippen LogP contribution in [0.25, 0.3) is 0 Å². The van der Waals surface area contributed by atoms with E-state index in [4.69, 9.17) is 10.7 Å². The Balaban J connectivity index is 3.62. The first-order chi connectivity index (χ1) is 7.27. The molecule has 0 unspecified atom stereocenters. The Morgan fingerprint density at radius 1 is 1.50 bits per heavy atom. The van der Waals surface area contributed by atoms with Crippen molar-refractivity contribution < 1.29 is 13.3 Å². The van der Waals surface area contributed by atoms with Crippen molar-refractivity contribution in [2.24, 2.45) is 0 Å². The van der Waals surface area contributed by atoms with Crippen molar-refractivity contribution >= 4 is 41.4 Å². The Morgan fingerprint density at radius 3 is 2.44 bits per heavy atom. The third-order valence-corrected chi connectivity index (χ3v) is 4.06. The number of rotatable bonds is 3. The van der Waals surface area contributed by atoms with Gasteiger partial charge in [-0.05, 0) is 12.0 Å². The summed E-state index contributed by atoms with van der Waals surface area (Å²) in [5, 5.41) is 10.6. The minimum atomic E-state index is -3.99. The highest BCUT2D eigenvalue weighted by Crippen LogP contribution is 2.32. The fourth-order valence-corrected chi connectivity index (χ4v) is 3.35. The van der Waals surface area contributed by atoms with Crippen molar-refractivity contribution in [3.05, 3.63) is 32.3 Å². The summed E-state index contributed by atoms with van der Waals surface area (Å²) in [4.78, 5) is 9.68. The molecule has 0 saturated carbocycles. The minimum Gasteiger partial charge on any atom is -0.258 e. The molecular formula is C8H7BrClNO4S. The van der Waals surface area contributed by atoms with E-state index in [-0.39, 0.29) is 10.6 Å². The molecule has 1 aromatic carbocycles. The lowest BCUT2D eigenvalue weighted by Crippen LogP contribution is -2.00. The van der Waals surface area contributed by atoms with E-state index in [2.05, 4.69) is 15.9 Å². The minimum absolute atomic E-state index is 0.224. The number of hydrogen-bond donors (Lipinski definition) is 0. The average Bonchev–Trinajstić information content (AvgIpc) is 2.14. The third-order valence-electron chi connectivity index (χ3n) is 1.97. The zero-order valence-corrected chi connectivity index (χ0v) is 11.3. The second-order valence-electron chi connectivity index (χ2n) is 2.95. The number of nitro benzene ring substituents is 1. The van der Waals surface area contributed by atoms with Crippen LogP contribution in [0.2, 0.25) is 0 Å². The van der Waals surface area contributed by atoms with Crippen LogP contribution in [-0.4, -0.2) is 13.3 Å². The van der Waals surface area contributed by atoms with Gasteiger partial charge in [0.1, 0.15) is 0 Å². The lowest BCUT2D eigenvalue weighted by molar-refractivity contribution is -0.385. The molecule has 0 aliphatic heterocycles. The second kappa shape index (κ2) is 4.68. The molecule has 0 fully saturated rings. The second-order valence-corrected chi connectivity index (χ2v) is 6.34. The SMILES string of the molecule is CCc1c(Br)cc([N+](=O)[O-])cc1S(=O)(=O)Cl. The molecule has 0 saturated heterocycles. The van der Waals surface area contributed by atoms with Crippen molar-refractivity contribution in [3.63, 3.8) is 0 Å². The number of nitro groups is 1. The molecule has 0 aliphatic carbocycles. The first-order valence-electron chi connectivity index (χ1n) is 4.18. The normalized spacial score (nSPS) is 11.4. The zero-order chi connectivity index (χ0) is 12.5. The molecule has 1 aromatic rings. The zero-order valence-electron chi connectivity index (χ0n) is 8.11. The predicted octanol–water partition coefficient (Wildman–Crippen LogP) is 2.85. The summed E-state index contributed by atoms with van der Waals surface area (Å²) >= 11 is 3.09. The topological polar surface area (TPSA) is 77.3 Å². The Hall–Kier alpha value is -0.660. The summed E-state index contributed by atoms with van der Waals surface area (Å²) in [5.74, 6) is 0. The van der Waals surface area contributed by atoms with Crippen molar-refractivity contribution in [2.45, 2.75) is 18.2 Å². The standard InChI is InChI=1S/C8H7BrClNO4S/c1-2-6-7(9)3-5(11(12)13)4-8(6)16(10,14)15/h3-4H,2H2,1H3. The predicted molar refractivity (Wildman–Crippen MR) is 63.2 cm³/mol. The van der Waals surface area contributed by atoms with Crippen molar-refractivity contribution in [1.29, 1.82) is 0 Å². The quantitative estimate of drug-likeness (QED) is 0.485. The van der Waals surface area contributed by atoms with Gasteiger partial charge in [0.2, 0.25) is 0 Å². The molecule has 0 aliphatic rings. The van der Waals surface area contributed by atoms with Crippen LogP contribution < -0.4 is 0 Å². The van der Waals surface area contributed by atoms with Crippen LogP contribution in [0, 0.1) is 10.1 Å². The van der Waals surface area contributed by atoms with Crippen LogP contribution in [0.3, 0.4) is 0 Å². The lowest BCUT2D eigenvalue weighted by atomic mass is 10.1. The van der Waals surface area contributed by atoms with E-state index in [1.165, 1.54) is 6.07 Å². The number of nitrogens with zero attached hydrogens (tertiary/aromatic N) is 1. The largest absolute Gasteiger partial charge is 0.271 e. The molecule has 0 aromatic heterocycles. The van der Waals surface area contributed by atoms with Gasteiger partial charge >= 0.3 is 0 Å². The van der Waals surface area contributed by atoms with E-state index in [0.29, 0.717) is 16.5 Å². The molecule has 0 bridgehead atoms. The van der Waals surface area contributed by atoms with E-state index in [1.807, 2.05) is 0 Å². The molecule has 0 atom stereocenters. The van der Waals surface area contributed by atoms with E-state index < -0.39 is 14.0 Å². The van der Waals surface area contributed by atoms with Gasteiger partial charge in [0.25, 0.3) is 14.7 Å². The van der Waals surface area contributed by atoms with Gasteiger partial charge < -0.3 is 0 Å². The first-order valence-corrected chi connectivity index (χ1v) is 7.29. The highest BCUT2D eigenvalue weighted by molar-refractivity contribution is 9.10. The van der Waals surface area contributed by atoms with Crippen LogP contribution in [0.1, 0.15) is 12.5 Å². The fraction of sp³-hybridized carbons (Fsp3) is 0.250. The van der Waals surface area contributed by atoms with E-state index in [0.717, 1.165) is 6.07 Å². The van der Waals surface area contributed by atoms with Crippen LogP contribution in [-0.2, 0) is 15.5 Å². The smallest absolute Gasteiger partial charge is 0.258 e. The van der Waals surface area contributed by atoms with Crippen LogP contribution in [0.4, 0.5) is 5.69 Å². The average molecular weight is 329 g/mol. The van der Waals surface area contributed by atoms with Gasteiger partial charge in [-0.15, -0.1) is 0 Å². The first kappa shape index (κ1) is 13.4. The molecule has 0 spiro atoms. The summed E-state index contributed by atoms with van der Waals surface area (Å²) in [6, 6.07) is 2.22. The summed E-state index contributed by atoms with van der Waals surface area (Å²) in [5.41, 5.74) is 0.115. The molecule has 0 heterocycles. The molecule has 8 heteroatoms. The number of hydrogen-bond acceptors (Lipinski definition) is 4. The number of benzene rings is 1. The Kier molecular flexibility index (Phi) is 3.92. The van der Waals surface area contributed by atoms with E-state index in [1.54, 1.807) is 6.92 Å².